The van der Waals surface area contributed by atoms with Crippen LogP contribution in [0.1, 0.15) is 52.0 Å². The van der Waals surface area contributed by atoms with E-state index < -0.39 is 5.54 Å². The number of nitriles is 1. The van der Waals surface area contributed by atoms with Crippen LogP contribution in [0.5, 0.6) is 5.75 Å². The van der Waals surface area contributed by atoms with Gasteiger partial charge in [0.1, 0.15) is 11.3 Å². The summed E-state index contributed by atoms with van der Waals surface area (Å²) in [6.45, 7) is 9.76. The van der Waals surface area contributed by atoms with Crippen LogP contribution in [0.3, 0.4) is 0 Å². The summed E-state index contributed by atoms with van der Waals surface area (Å²) >= 11 is 0. The van der Waals surface area contributed by atoms with Crippen molar-refractivity contribution in [3.63, 3.8) is 0 Å². The lowest BCUT2D eigenvalue weighted by atomic mass is 9.98. The molecule has 0 aliphatic rings. The van der Waals surface area contributed by atoms with Gasteiger partial charge < -0.3 is 4.74 Å². The van der Waals surface area contributed by atoms with E-state index >= 15 is 0 Å². The molecule has 0 bridgehead atoms. The molecule has 0 aromatic heterocycles. The first-order valence-corrected chi connectivity index (χ1v) is 7.40. The first-order valence-electron chi connectivity index (χ1n) is 7.40. The van der Waals surface area contributed by atoms with E-state index in [2.05, 4.69) is 37.4 Å². The van der Waals surface area contributed by atoms with Crippen LogP contribution in [0.2, 0.25) is 0 Å². The van der Waals surface area contributed by atoms with Crippen molar-refractivity contribution in [3.8, 4) is 11.8 Å². The van der Waals surface area contributed by atoms with Gasteiger partial charge in [0, 0.05) is 0 Å². The summed E-state index contributed by atoms with van der Waals surface area (Å²) in [5.74, 6) is 1.42. The fraction of sp³-hybridized carbons (Fsp3) is 0.588. The lowest BCUT2D eigenvalue weighted by Gasteiger charge is -2.22. The third-order valence-corrected chi connectivity index (χ3v) is 3.43. The van der Waals surface area contributed by atoms with Crippen LogP contribution in [0.15, 0.2) is 24.3 Å². The van der Waals surface area contributed by atoms with E-state index in [1.807, 2.05) is 26.0 Å². The van der Waals surface area contributed by atoms with Gasteiger partial charge in [-0.2, -0.15) is 5.26 Å². The number of rotatable bonds is 8. The molecular weight excluding hydrogens is 248 g/mol. The van der Waals surface area contributed by atoms with E-state index in [9.17, 15) is 5.26 Å². The molecule has 0 saturated carbocycles. The van der Waals surface area contributed by atoms with Crippen LogP contribution in [-0.4, -0.2) is 18.7 Å². The SMILES string of the molecule is CCNC(C)(C#N)CCCOc1cccc(C(C)C)c1. The minimum atomic E-state index is -0.447. The molecule has 0 amide bonds. The molecular formula is C17H26N2O. The average Bonchev–Trinajstić information content (AvgIpc) is 2.44. The Morgan fingerprint density at radius 2 is 2.15 bits per heavy atom. The van der Waals surface area contributed by atoms with E-state index in [1.54, 1.807) is 0 Å². The van der Waals surface area contributed by atoms with Crippen molar-refractivity contribution >= 4 is 0 Å². The molecule has 1 rings (SSSR count). The number of nitrogens with one attached hydrogen (secondary N) is 1. The Balaban J connectivity index is 2.41. The first kappa shape index (κ1) is 16.5. The van der Waals surface area contributed by atoms with Crippen molar-refractivity contribution in [1.29, 1.82) is 5.26 Å². The highest BCUT2D eigenvalue weighted by Crippen LogP contribution is 2.20. The molecule has 0 spiro atoms. The molecule has 0 aliphatic heterocycles. The quantitative estimate of drug-likeness (QED) is 0.732. The van der Waals surface area contributed by atoms with Gasteiger partial charge in [-0.15, -0.1) is 0 Å². The highest BCUT2D eigenvalue weighted by atomic mass is 16.5. The first-order chi connectivity index (χ1) is 9.50. The largest absolute Gasteiger partial charge is 0.494 e. The fourth-order valence-electron chi connectivity index (χ4n) is 2.15. The Bertz CT molecular complexity index is 451. The predicted octanol–water partition coefficient (Wildman–Crippen LogP) is 3.86. The van der Waals surface area contributed by atoms with Crippen molar-refractivity contribution in [3.05, 3.63) is 29.8 Å². The average molecular weight is 274 g/mol. The standard InChI is InChI=1S/C17H26N2O/c1-5-19-17(4,13-18)10-7-11-20-16-9-6-8-15(12-16)14(2)3/h6,8-9,12,14,19H,5,7,10-11H2,1-4H3. The van der Waals surface area contributed by atoms with Gasteiger partial charge in [-0.3, -0.25) is 5.32 Å². The second-order valence-corrected chi connectivity index (χ2v) is 5.65. The predicted molar refractivity (Wildman–Crippen MR) is 83.0 cm³/mol. The number of benzene rings is 1. The number of hydrogen-bond donors (Lipinski definition) is 1. The molecule has 1 unspecified atom stereocenters. The number of ether oxygens (including phenoxy) is 1. The van der Waals surface area contributed by atoms with E-state index in [4.69, 9.17) is 4.74 Å². The smallest absolute Gasteiger partial charge is 0.119 e. The zero-order chi connectivity index (χ0) is 15.0. The van der Waals surface area contributed by atoms with Crippen LogP contribution in [0.4, 0.5) is 0 Å². The third kappa shape index (κ3) is 5.22. The monoisotopic (exact) mass is 274 g/mol. The van der Waals surface area contributed by atoms with Gasteiger partial charge in [-0.05, 0) is 49.9 Å². The Kier molecular flexibility index (Phi) is 6.54. The molecule has 0 heterocycles. The van der Waals surface area contributed by atoms with E-state index in [0.29, 0.717) is 12.5 Å². The van der Waals surface area contributed by atoms with Gasteiger partial charge in [0.15, 0.2) is 0 Å². The molecule has 0 aliphatic carbocycles. The topological polar surface area (TPSA) is 45.0 Å². The van der Waals surface area contributed by atoms with Crippen molar-refractivity contribution in [2.75, 3.05) is 13.2 Å². The molecule has 1 aromatic rings. The van der Waals surface area contributed by atoms with Gasteiger partial charge >= 0.3 is 0 Å². The summed E-state index contributed by atoms with van der Waals surface area (Å²) in [6, 6.07) is 10.6. The maximum atomic E-state index is 9.18. The molecule has 0 fully saturated rings. The van der Waals surface area contributed by atoms with Crippen LogP contribution < -0.4 is 10.1 Å². The summed E-state index contributed by atoms with van der Waals surface area (Å²) in [5, 5.41) is 12.4. The maximum Gasteiger partial charge on any atom is 0.119 e. The molecule has 0 saturated heterocycles. The summed E-state index contributed by atoms with van der Waals surface area (Å²) < 4.78 is 5.78. The van der Waals surface area contributed by atoms with E-state index in [-0.39, 0.29) is 0 Å². The zero-order valence-electron chi connectivity index (χ0n) is 13.1. The van der Waals surface area contributed by atoms with Gasteiger partial charge in [-0.1, -0.05) is 32.9 Å². The summed E-state index contributed by atoms with van der Waals surface area (Å²) in [7, 11) is 0. The summed E-state index contributed by atoms with van der Waals surface area (Å²) in [5.41, 5.74) is 0.842. The lowest BCUT2D eigenvalue weighted by molar-refractivity contribution is 0.286. The molecule has 20 heavy (non-hydrogen) atoms. The molecule has 1 aromatic carbocycles. The lowest BCUT2D eigenvalue weighted by Crippen LogP contribution is -2.40. The molecule has 3 heteroatoms. The second kappa shape index (κ2) is 7.91. The maximum absolute atomic E-state index is 9.18. The van der Waals surface area contributed by atoms with Gasteiger partial charge in [0.25, 0.3) is 0 Å². The van der Waals surface area contributed by atoms with Crippen LogP contribution in [0.25, 0.3) is 0 Å². The Hall–Kier alpha value is -1.53. The van der Waals surface area contributed by atoms with Crippen molar-refractivity contribution < 1.29 is 4.74 Å². The van der Waals surface area contributed by atoms with Crippen molar-refractivity contribution in [2.45, 2.75) is 52.0 Å². The van der Waals surface area contributed by atoms with Crippen molar-refractivity contribution in [2.24, 2.45) is 0 Å². The van der Waals surface area contributed by atoms with E-state index in [0.717, 1.165) is 25.1 Å². The normalized spacial score (nSPS) is 13.8. The number of nitrogens with zero attached hydrogens (tertiary/aromatic N) is 1. The van der Waals surface area contributed by atoms with E-state index in [1.165, 1.54) is 5.56 Å². The Morgan fingerprint density at radius 1 is 1.40 bits per heavy atom. The van der Waals surface area contributed by atoms with Gasteiger partial charge in [0.05, 0.1) is 12.7 Å². The van der Waals surface area contributed by atoms with Crippen LogP contribution >= 0.6 is 0 Å². The third-order valence-electron chi connectivity index (χ3n) is 3.43. The summed E-state index contributed by atoms with van der Waals surface area (Å²) in [6.07, 6.45) is 1.66. The minimum absolute atomic E-state index is 0.447. The molecule has 3 nitrogen and oxygen atoms in total. The highest BCUT2D eigenvalue weighted by molar-refractivity contribution is 5.30. The van der Waals surface area contributed by atoms with Gasteiger partial charge in [0.2, 0.25) is 0 Å². The second-order valence-electron chi connectivity index (χ2n) is 5.65. The van der Waals surface area contributed by atoms with Crippen LogP contribution in [0, 0.1) is 11.3 Å². The zero-order valence-corrected chi connectivity index (χ0v) is 13.1. The van der Waals surface area contributed by atoms with Crippen molar-refractivity contribution in [1.82, 2.24) is 5.32 Å². The molecule has 0 radical (unpaired) electrons. The Morgan fingerprint density at radius 3 is 2.75 bits per heavy atom. The highest BCUT2D eigenvalue weighted by Gasteiger charge is 2.21. The minimum Gasteiger partial charge on any atom is -0.494 e. The molecule has 1 atom stereocenters. The van der Waals surface area contributed by atoms with Crippen LogP contribution in [-0.2, 0) is 0 Å². The molecule has 110 valence electrons. The van der Waals surface area contributed by atoms with Gasteiger partial charge in [-0.25, -0.2) is 0 Å². The fourth-order valence-corrected chi connectivity index (χ4v) is 2.15. The summed E-state index contributed by atoms with van der Waals surface area (Å²) in [4.78, 5) is 0. The molecule has 1 N–H and O–H groups in total. The number of hydrogen-bond acceptors (Lipinski definition) is 3. The Labute approximate surface area is 123 Å².